The zero-order valence-electron chi connectivity index (χ0n) is 17.0. The molecule has 158 valence electrons. The SMILES string of the molecule is CN(CC(=O)Nc1cccc(F)c1)CC(=O)Nc1ccccc1C(=O)c1ccccc1. The third kappa shape index (κ3) is 6.32. The molecule has 0 atom stereocenters. The maximum atomic E-state index is 13.2. The predicted octanol–water partition coefficient (Wildman–Crippen LogP) is 3.57. The highest BCUT2D eigenvalue weighted by Crippen LogP contribution is 2.19. The number of ketones is 1. The molecule has 0 bridgehead atoms. The van der Waals surface area contributed by atoms with Crippen molar-refractivity contribution in [2.45, 2.75) is 0 Å². The van der Waals surface area contributed by atoms with E-state index in [1.807, 2.05) is 6.07 Å². The number of anilines is 2. The average molecular weight is 419 g/mol. The summed E-state index contributed by atoms with van der Waals surface area (Å²) in [5.74, 6) is -1.39. The number of rotatable bonds is 8. The van der Waals surface area contributed by atoms with Gasteiger partial charge in [0, 0.05) is 16.8 Å². The summed E-state index contributed by atoms with van der Waals surface area (Å²) in [5, 5.41) is 5.32. The second-order valence-electron chi connectivity index (χ2n) is 7.02. The lowest BCUT2D eigenvalue weighted by Gasteiger charge is -2.17. The van der Waals surface area contributed by atoms with Crippen molar-refractivity contribution >= 4 is 29.0 Å². The Bertz CT molecular complexity index is 1090. The van der Waals surface area contributed by atoms with E-state index in [9.17, 15) is 18.8 Å². The Morgan fingerprint density at radius 3 is 2.16 bits per heavy atom. The lowest BCUT2D eigenvalue weighted by molar-refractivity contribution is -0.119. The molecule has 2 amide bonds. The van der Waals surface area contributed by atoms with Crippen LogP contribution in [0.5, 0.6) is 0 Å². The predicted molar refractivity (Wildman–Crippen MR) is 117 cm³/mol. The number of benzene rings is 3. The van der Waals surface area contributed by atoms with Crippen molar-refractivity contribution in [1.29, 1.82) is 0 Å². The molecule has 7 heteroatoms. The van der Waals surface area contributed by atoms with Gasteiger partial charge in [0.2, 0.25) is 11.8 Å². The molecule has 0 fully saturated rings. The van der Waals surface area contributed by atoms with E-state index in [4.69, 9.17) is 0 Å². The van der Waals surface area contributed by atoms with E-state index in [-0.39, 0.29) is 30.7 Å². The highest BCUT2D eigenvalue weighted by atomic mass is 19.1. The molecule has 0 spiro atoms. The van der Waals surface area contributed by atoms with Gasteiger partial charge in [-0.15, -0.1) is 0 Å². The molecule has 0 aliphatic rings. The molecule has 0 radical (unpaired) electrons. The van der Waals surface area contributed by atoms with E-state index < -0.39 is 5.82 Å². The summed E-state index contributed by atoms with van der Waals surface area (Å²) in [6.45, 7) is -0.126. The quantitative estimate of drug-likeness (QED) is 0.547. The topological polar surface area (TPSA) is 78.5 Å². The minimum Gasteiger partial charge on any atom is -0.325 e. The summed E-state index contributed by atoms with van der Waals surface area (Å²) in [4.78, 5) is 38.9. The van der Waals surface area contributed by atoms with E-state index in [2.05, 4.69) is 10.6 Å². The van der Waals surface area contributed by atoms with Crippen LogP contribution in [0.1, 0.15) is 15.9 Å². The number of halogens is 1. The molecule has 0 aliphatic heterocycles. The minimum absolute atomic E-state index is 0.0610. The summed E-state index contributed by atoms with van der Waals surface area (Å²) in [6.07, 6.45) is 0. The van der Waals surface area contributed by atoms with Gasteiger partial charge in [-0.3, -0.25) is 19.3 Å². The molecule has 0 aromatic heterocycles. The second-order valence-corrected chi connectivity index (χ2v) is 7.02. The van der Waals surface area contributed by atoms with Gasteiger partial charge in [0.25, 0.3) is 0 Å². The third-order valence-corrected chi connectivity index (χ3v) is 4.42. The number of amides is 2. The van der Waals surface area contributed by atoms with Crippen LogP contribution in [0.4, 0.5) is 15.8 Å². The van der Waals surface area contributed by atoms with Crippen LogP contribution in [0.2, 0.25) is 0 Å². The number of nitrogens with one attached hydrogen (secondary N) is 2. The van der Waals surface area contributed by atoms with Crippen molar-refractivity contribution in [3.63, 3.8) is 0 Å². The van der Waals surface area contributed by atoms with Gasteiger partial charge < -0.3 is 10.6 Å². The van der Waals surface area contributed by atoms with Gasteiger partial charge in [0.15, 0.2) is 5.78 Å². The Hall–Kier alpha value is -3.84. The van der Waals surface area contributed by atoms with Crippen LogP contribution in [0.15, 0.2) is 78.9 Å². The first-order valence-corrected chi connectivity index (χ1v) is 9.65. The van der Waals surface area contributed by atoms with Crippen molar-refractivity contribution in [2.75, 3.05) is 30.8 Å². The van der Waals surface area contributed by atoms with Crippen LogP contribution in [-0.2, 0) is 9.59 Å². The Morgan fingerprint density at radius 2 is 1.45 bits per heavy atom. The second kappa shape index (κ2) is 10.3. The summed E-state index contributed by atoms with van der Waals surface area (Å²) >= 11 is 0. The molecule has 3 aromatic carbocycles. The lowest BCUT2D eigenvalue weighted by atomic mass is 10.0. The molecule has 0 heterocycles. The fraction of sp³-hybridized carbons (Fsp3) is 0.125. The highest BCUT2D eigenvalue weighted by Gasteiger charge is 2.16. The summed E-state index contributed by atoms with van der Waals surface area (Å²) in [7, 11) is 1.62. The number of para-hydroxylation sites is 1. The normalized spacial score (nSPS) is 10.5. The van der Waals surface area contributed by atoms with Crippen LogP contribution < -0.4 is 10.6 Å². The van der Waals surface area contributed by atoms with Crippen LogP contribution in [0.3, 0.4) is 0 Å². The number of carbonyl (C=O) groups excluding carboxylic acids is 3. The molecular formula is C24H22FN3O3. The monoisotopic (exact) mass is 419 g/mol. The van der Waals surface area contributed by atoms with E-state index in [0.717, 1.165) is 0 Å². The molecule has 2 N–H and O–H groups in total. The Morgan fingerprint density at radius 1 is 0.806 bits per heavy atom. The number of likely N-dealkylation sites (N-methyl/N-ethyl adjacent to an activating group) is 1. The first-order valence-electron chi connectivity index (χ1n) is 9.65. The molecular weight excluding hydrogens is 397 g/mol. The number of hydrogen-bond donors (Lipinski definition) is 2. The van der Waals surface area contributed by atoms with Crippen LogP contribution >= 0.6 is 0 Å². The number of hydrogen-bond acceptors (Lipinski definition) is 4. The van der Waals surface area contributed by atoms with Gasteiger partial charge >= 0.3 is 0 Å². The Labute approximate surface area is 179 Å². The molecule has 0 saturated heterocycles. The summed E-state index contributed by atoms with van der Waals surface area (Å²) in [6, 6.07) is 21.1. The van der Waals surface area contributed by atoms with Crippen LogP contribution in [0.25, 0.3) is 0 Å². The van der Waals surface area contributed by atoms with Gasteiger partial charge in [-0.2, -0.15) is 0 Å². The molecule has 3 rings (SSSR count). The molecule has 0 aliphatic carbocycles. The summed E-state index contributed by atoms with van der Waals surface area (Å²) in [5.41, 5.74) is 1.65. The van der Waals surface area contributed by atoms with Crippen LogP contribution in [0, 0.1) is 5.82 Å². The fourth-order valence-electron chi connectivity index (χ4n) is 3.04. The first-order chi connectivity index (χ1) is 14.9. The van der Waals surface area contributed by atoms with Gasteiger partial charge in [0.1, 0.15) is 5.82 Å². The van der Waals surface area contributed by atoms with Gasteiger partial charge in [-0.05, 0) is 37.4 Å². The molecule has 0 saturated carbocycles. The minimum atomic E-state index is -0.450. The van der Waals surface area contributed by atoms with E-state index in [1.165, 1.54) is 23.1 Å². The van der Waals surface area contributed by atoms with Gasteiger partial charge in [-0.1, -0.05) is 48.5 Å². The van der Waals surface area contributed by atoms with Crippen molar-refractivity contribution < 1.29 is 18.8 Å². The van der Waals surface area contributed by atoms with Crippen molar-refractivity contribution in [3.05, 3.63) is 95.8 Å². The maximum absolute atomic E-state index is 13.2. The van der Waals surface area contributed by atoms with E-state index in [1.54, 1.807) is 61.6 Å². The standard InChI is InChI=1S/C24H22FN3O3/c1-28(15-22(29)26-19-11-7-10-18(25)14-19)16-23(30)27-21-13-6-5-12-20(21)24(31)17-8-3-2-4-9-17/h2-14H,15-16H2,1H3,(H,26,29)(H,27,30). The Kier molecular flexibility index (Phi) is 7.24. The zero-order valence-corrected chi connectivity index (χ0v) is 17.0. The van der Waals surface area contributed by atoms with Gasteiger partial charge in [0.05, 0.1) is 18.8 Å². The largest absolute Gasteiger partial charge is 0.325 e. The smallest absolute Gasteiger partial charge is 0.238 e. The van der Waals surface area contributed by atoms with Crippen LogP contribution in [-0.4, -0.2) is 42.6 Å². The number of nitrogens with zero attached hydrogens (tertiary/aromatic N) is 1. The average Bonchev–Trinajstić information content (AvgIpc) is 2.74. The van der Waals surface area contributed by atoms with E-state index in [0.29, 0.717) is 22.5 Å². The first kappa shape index (κ1) is 21.9. The highest BCUT2D eigenvalue weighted by molar-refractivity contribution is 6.13. The molecule has 0 unspecified atom stereocenters. The van der Waals surface area contributed by atoms with Crippen molar-refractivity contribution in [2.24, 2.45) is 0 Å². The lowest BCUT2D eigenvalue weighted by Crippen LogP contribution is -2.36. The molecule has 31 heavy (non-hydrogen) atoms. The maximum Gasteiger partial charge on any atom is 0.238 e. The number of carbonyl (C=O) groups is 3. The van der Waals surface area contributed by atoms with E-state index >= 15 is 0 Å². The summed E-state index contributed by atoms with van der Waals surface area (Å²) < 4.78 is 13.2. The van der Waals surface area contributed by atoms with Crippen molar-refractivity contribution in [1.82, 2.24) is 4.90 Å². The molecule has 3 aromatic rings. The fourth-order valence-corrected chi connectivity index (χ4v) is 3.04. The van der Waals surface area contributed by atoms with Crippen molar-refractivity contribution in [3.8, 4) is 0 Å². The van der Waals surface area contributed by atoms with Gasteiger partial charge in [-0.25, -0.2) is 4.39 Å². The Balaban J connectivity index is 1.58. The zero-order chi connectivity index (χ0) is 22.2. The third-order valence-electron chi connectivity index (χ3n) is 4.42. The molecule has 6 nitrogen and oxygen atoms in total.